The number of carbonyl (C=O) groups is 2. The van der Waals surface area contributed by atoms with Crippen LogP contribution in [0.3, 0.4) is 0 Å². The van der Waals surface area contributed by atoms with Crippen LogP contribution in [0, 0.1) is 5.92 Å². The van der Waals surface area contributed by atoms with Crippen LogP contribution in [0.4, 0.5) is 0 Å². The van der Waals surface area contributed by atoms with Crippen molar-refractivity contribution >= 4 is 11.9 Å². The smallest absolute Gasteiger partial charge is 0.329 e. The summed E-state index contributed by atoms with van der Waals surface area (Å²) in [5, 5.41) is 15.0. The average Bonchev–Trinajstić information content (AvgIpc) is 2.80. The Labute approximate surface area is 107 Å². The maximum atomic E-state index is 11.5. The number of methoxy groups -OCH3 is 1. The molecular weight excluding hydrogens is 236 g/mol. The van der Waals surface area contributed by atoms with Gasteiger partial charge in [0.15, 0.2) is 0 Å². The van der Waals surface area contributed by atoms with Crippen LogP contribution in [0.2, 0.25) is 0 Å². The van der Waals surface area contributed by atoms with Crippen molar-refractivity contribution in [3.63, 3.8) is 0 Å². The predicted octanol–water partition coefficient (Wildman–Crippen LogP) is -0.585. The predicted molar refractivity (Wildman–Crippen MR) is 65.8 cm³/mol. The van der Waals surface area contributed by atoms with Crippen LogP contribution in [-0.4, -0.2) is 49.3 Å². The average molecular weight is 258 g/mol. The first-order valence-corrected chi connectivity index (χ1v) is 6.27. The third-order valence-corrected chi connectivity index (χ3v) is 3.34. The lowest BCUT2D eigenvalue weighted by Gasteiger charge is -2.22. The Balaban J connectivity index is 2.45. The number of hydrogen-bond donors (Lipinski definition) is 3. The van der Waals surface area contributed by atoms with Gasteiger partial charge < -0.3 is 20.5 Å². The zero-order valence-electron chi connectivity index (χ0n) is 10.9. The van der Waals surface area contributed by atoms with E-state index in [1.54, 1.807) is 0 Å². The number of aliphatic hydroxyl groups is 1. The Kier molecular flexibility index (Phi) is 6.07. The minimum Gasteiger partial charge on any atom is -0.467 e. The van der Waals surface area contributed by atoms with Gasteiger partial charge in [0.25, 0.3) is 0 Å². The monoisotopic (exact) mass is 258 g/mol. The number of aliphatic hydroxyl groups excluding tert-OH is 1. The summed E-state index contributed by atoms with van der Waals surface area (Å²) in [7, 11) is 1.29. The summed E-state index contributed by atoms with van der Waals surface area (Å²) in [5.74, 6) is -0.491. The summed E-state index contributed by atoms with van der Waals surface area (Å²) in [6.07, 6.45) is 3.06. The van der Waals surface area contributed by atoms with Crippen LogP contribution < -0.4 is 10.6 Å². The minimum absolute atomic E-state index is 0.153. The number of ether oxygens (including phenoxy) is 1. The molecule has 0 saturated heterocycles. The number of nitrogens with one attached hydrogen (secondary N) is 2. The molecule has 1 amide bonds. The normalized spacial score (nSPS) is 24.6. The minimum atomic E-state index is -0.674. The first kappa shape index (κ1) is 14.9. The van der Waals surface area contributed by atoms with E-state index in [-0.39, 0.29) is 24.5 Å². The van der Waals surface area contributed by atoms with Gasteiger partial charge in [0.2, 0.25) is 5.91 Å². The number of rotatable bonds is 6. The second-order valence-corrected chi connectivity index (χ2v) is 4.66. The molecule has 1 aliphatic carbocycles. The van der Waals surface area contributed by atoms with Gasteiger partial charge in [-0.2, -0.15) is 0 Å². The van der Waals surface area contributed by atoms with E-state index in [9.17, 15) is 14.7 Å². The Morgan fingerprint density at radius 3 is 2.72 bits per heavy atom. The van der Waals surface area contributed by atoms with E-state index in [1.807, 2.05) is 0 Å². The van der Waals surface area contributed by atoms with Crippen molar-refractivity contribution in [2.24, 2.45) is 5.92 Å². The zero-order valence-corrected chi connectivity index (χ0v) is 10.9. The maximum absolute atomic E-state index is 11.5. The van der Waals surface area contributed by atoms with Gasteiger partial charge in [0, 0.05) is 26.1 Å². The number of carbonyl (C=O) groups excluding carboxylic acids is 2. The summed E-state index contributed by atoms with van der Waals surface area (Å²) in [5.41, 5.74) is 0. The molecule has 18 heavy (non-hydrogen) atoms. The molecule has 0 aromatic carbocycles. The highest BCUT2D eigenvalue weighted by molar-refractivity contribution is 5.83. The van der Waals surface area contributed by atoms with E-state index in [0.717, 1.165) is 19.3 Å². The fourth-order valence-corrected chi connectivity index (χ4v) is 2.37. The maximum Gasteiger partial charge on any atom is 0.329 e. The highest BCUT2D eigenvalue weighted by Gasteiger charge is 2.28. The molecule has 104 valence electrons. The van der Waals surface area contributed by atoms with Crippen molar-refractivity contribution in [3.8, 4) is 0 Å². The van der Waals surface area contributed by atoms with Gasteiger partial charge in [0.1, 0.15) is 6.04 Å². The molecule has 3 N–H and O–H groups in total. The summed E-state index contributed by atoms with van der Waals surface area (Å²) in [4.78, 5) is 22.5. The lowest BCUT2D eigenvalue weighted by atomic mass is 10.0. The molecule has 0 aromatic rings. The van der Waals surface area contributed by atoms with Crippen molar-refractivity contribution in [1.29, 1.82) is 0 Å². The topological polar surface area (TPSA) is 87.7 Å². The fraction of sp³-hybridized carbons (Fsp3) is 0.833. The molecule has 6 heteroatoms. The van der Waals surface area contributed by atoms with Crippen LogP contribution in [0.1, 0.15) is 26.2 Å². The van der Waals surface area contributed by atoms with Crippen LogP contribution >= 0.6 is 0 Å². The molecule has 3 atom stereocenters. The highest BCUT2D eigenvalue weighted by Crippen LogP contribution is 2.24. The molecule has 1 aliphatic rings. The molecule has 0 aliphatic heterocycles. The van der Waals surface area contributed by atoms with Gasteiger partial charge in [-0.25, -0.2) is 4.79 Å². The fourth-order valence-electron chi connectivity index (χ4n) is 2.37. The van der Waals surface area contributed by atoms with Crippen molar-refractivity contribution in [2.75, 3.05) is 20.3 Å². The second kappa shape index (κ2) is 7.33. The molecule has 0 spiro atoms. The van der Waals surface area contributed by atoms with Gasteiger partial charge in [-0.15, -0.1) is 0 Å². The van der Waals surface area contributed by atoms with E-state index in [0.29, 0.717) is 6.54 Å². The van der Waals surface area contributed by atoms with E-state index in [1.165, 1.54) is 14.0 Å². The first-order valence-electron chi connectivity index (χ1n) is 6.27. The molecule has 6 nitrogen and oxygen atoms in total. The van der Waals surface area contributed by atoms with Crippen molar-refractivity contribution in [1.82, 2.24) is 10.6 Å². The van der Waals surface area contributed by atoms with E-state index in [2.05, 4.69) is 15.4 Å². The van der Waals surface area contributed by atoms with Crippen LogP contribution in [0.15, 0.2) is 0 Å². The van der Waals surface area contributed by atoms with Gasteiger partial charge in [0.05, 0.1) is 7.11 Å². The summed E-state index contributed by atoms with van der Waals surface area (Å²) in [6.45, 7) is 1.84. The molecule has 0 aromatic heterocycles. The van der Waals surface area contributed by atoms with Gasteiger partial charge in [-0.1, -0.05) is 6.42 Å². The Morgan fingerprint density at radius 1 is 1.44 bits per heavy atom. The highest BCUT2D eigenvalue weighted by atomic mass is 16.5. The number of hydrogen-bond acceptors (Lipinski definition) is 5. The van der Waals surface area contributed by atoms with Gasteiger partial charge in [-0.05, 0) is 18.8 Å². The van der Waals surface area contributed by atoms with Crippen LogP contribution in [0.5, 0.6) is 0 Å². The third-order valence-electron chi connectivity index (χ3n) is 3.34. The number of esters is 1. The molecule has 1 saturated carbocycles. The van der Waals surface area contributed by atoms with Crippen molar-refractivity contribution in [3.05, 3.63) is 0 Å². The molecule has 0 bridgehead atoms. The summed E-state index contributed by atoms with van der Waals surface area (Å²) < 4.78 is 4.64. The Hall–Kier alpha value is -1.14. The lowest BCUT2D eigenvalue weighted by molar-refractivity contribution is -0.144. The standard InChI is InChI=1S/C12H22N2O4/c1-8(16)14-11(12(17)18-2)6-13-10-5-3-4-9(10)7-15/h9-11,13,15H,3-7H2,1-2H3,(H,14,16). The molecule has 1 fully saturated rings. The largest absolute Gasteiger partial charge is 0.467 e. The third kappa shape index (κ3) is 4.27. The van der Waals surface area contributed by atoms with E-state index < -0.39 is 12.0 Å². The Bertz CT molecular complexity index is 296. The number of amides is 1. The summed E-state index contributed by atoms with van der Waals surface area (Å²) >= 11 is 0. The second-order valence-electron chi connectivity index (χ2n) is 4.66. The molecule has 0 radical (unpaired) electrons. The van der Waals surface area contributed by atoms with Gasteiger partial charge in [-0.3, -0.25) is 4.79 Å². The molecule has 3 unspecified atom stereocenters. The summed E-state index contributed by atoms with van der Waals surface area (Å²) in [6, 6.07) is -0.469. The van der Waals surface area contributed by atoms with E-state index in [4.69, 9.17) is 0 Å². The molecule has 1 rings (SSSR count). The quantitative estimate of drug-likeness (QED) is 0.555. The van der Waals surface area contributed by atoms with Crippen molar-refractivity contribution in [2.45, 2.75) is 38.3 Å². The van der Waals surface area contributed by atoms with Crippen molar-refractivity contribution < 1.29 is 19.4 Å². The first-order chi connectivity index (χ1) is 8.58. The van der Waals surface area contributed by atoms with Gasteiger partial charge >= 0.3 is 5.97 Å². The Morgan fingerprint density at radius 2 is 2.17 bits per heavy atom. The lowest BCUT2D eigenvalue weighted by Crippen LogP contribution is -2.50. The molecular formula is C12H22N2O4. The zero-order chi connectivity index (χ0) is 13.5. The van der Waals surface area contributed by atoms with Crippen LogP contribution in [0.25, 0.3) is 0 Å². The molecule has 0 heterocycles. The SMILES string of the molecule is COC(=O)C(CNC1CCCC1CO)NC(C)=O. The van der Waals surface area contributed by atoms with Crippen LogP contribution in [-0.2, 0) is 14.3 Å². The van der Waals surface area contributed by atoms with E-state index >= 15 is 0 Å².